The van der Waals surface area contributed by atoms with Gasteiger partial charge >= 0.3 is 11.9 Å². The molecule has 0 radical (unpaired) electrons. The van der Waals surface area contributed by atoms with Crippen LogP contribution in [0.2, 0.25) is 0 Å². The standard InChI is InChI=1S/C17H23NO6/c1-21-14-7-11-5-6-18(10-17(20)24-4)13(9-16(19)23-3)12(11)8-15(14)22-2/h7-8,13H,5-6,9-10H2,1-4H3. The van der Waals surface area contributed by atoms with E-state index in [0.29, 0.717) is 18.0 Å². The first-order valence-corrected chi connectivity index (χ1v) is 7.66. The lowest BCUT2D eigenvalue weighted by atomic mass is 9.90. The van der Waals surface area contributed by atoms with Gasteiger partial charge in [0.05, 0.1) is 41.4 Å². The third-order valence-corrected chi connectivity index (χ3v) is 4.26. The molecule has 1 heterocycles. The SMILES string of the molecule is COC(=O)CC1c2cc(OC)c(OC)cc2CCN1CC(=O)OC. The monoisotopic (exact) mass is 337 g/mol. The highest BCUT2D eigenvalue weighted by atomic mass is 16.5. The Bertz CT molecular complexity index is 615. The predicted molar refractivity (Wildman–Crippen MR) is 86.2 cm³/mol. The average Bonchev–Trinajstić information content (AvgIpc) is 2.61. The largest absolute Gasteiger partial charge is 0.493 e. The third kappa shape index (κ3) is 3.79. The summed E-state index contributed by atoms with van der Waals surface area (Å²) in [5, 5.41) is 0. The van der Waals surface area contributed by atoms with Gasteiger partial charge in [-0.05, 0) is 29.7 Å². The van der Waals surface area contributed by atoms with Crippen LogP contribution in [0.5, 0.6) is 11.5 Å². The zero-order valence-electron chi connectivity index (χ0n) is 14.5. The molecule has 0 spiro atoms. The van der Waals surface area contributed by atoms with E-state index in [1.54, 1.807) is 14.2 Å². The summed E-state index contributed by atoms with van der Waals surface area (Å²) in [4.78, 5) is 25.5. The molecule has 0 amide bonds. The minimum absolute atomic E-state index is 0.117. The van der Waals surface area contributed by atoms with Crippen LogP contribution in [0, 0.1) is 0 Å². The van der Waals surface area contributed by atoms with Gasteiger partial charge in [0.1, 0.15) is 0 Å². The van der Waals surface area contributed by atoms with Crippen molar-refractivity contribution in [2.45, 2.75) is 18.9 Å². The van der Waals surface area contributed by atoms with Gasteiger partial charge in [0.25, 0.3) is 0 Å². The number of hydrogen-bond acceptors (Lipinski definition) is 7. The summed E-state index contributed by atoms with van der Waals surface area (Å²) < 4.78 is 20.3. The van der Waals surface area contributed by atoms with E-state index < -0.39 is 0 Å². The molecule has 0 fully saturated rings. The van der Waals surface area contributed by atoms with Crippen molar-refractivity contribution in [1.29, 1.82) is 0 Å². The van der Waals surface area contributed by atoms with Gasteiger partial charge in [-0.25, -0.2) is 0 Å². The first-order valence-electron chi connectivity index (χ1n) is 7.66. The molecule has 1 aromatic rings. The van der Waals surface area contributed by atoms with Gasteiger partial charge in [-0.1, -0.05) is 0 Å². The minimum Gasteiger partial charge on any atom is -0.493 e. The van der Waals surface area contributed by atoms with E-state index in [0.717, 1.165) is 17.5 Å². The Labute approximate surface area is 141 Å². The van der Waals surface area contributed by atoms with Crippen LogP contribution in [0.25, 0.3) is 0 Å². The number of methoxy groups -OCH3 is 4. The normalized spacial score (nSPS) is 16.9. The molecule has 2 rings (SSSR count). The van der Waals surface area contributed by atoms with E-state index in [1.165, 1.54) is 14.2 Å². The van der Waals surface area contributed by atoms with E-state index in [4.69, 9.17) is 18.9 Å². The molecule has 1 aromatic carbocycles. The lowest BCUT2D eigenvalue weighted by Gasteiger charge is -2.36. The maximum atomic E-state index is 11.8. The average molecular weight is 337 g/mol. The first kappa shape index (κ1) is 18.1. The van der Waals surface area contributed by atoms with Crippen molar-refractivity contribution in [3.8, 4) is 11.5 Å². The highest BCUT2D eigenvalue weighted by Gasteiger charge is 2.32. The number of rotatable bonds is 6. The van der Waals surface area contributed by atoms with Crippen molar-refractivity contribution in [1.82, 2.24) is 4.90 Å². The predicted octanol–water partition coefficient (Wildman–Crippen LogP) is 1.34. The Morgan fingerprint density at radius 2 is 1.67 bits per heavy atom. The van der Waals surface area contributed by atoms with Gasteiger partial charge in [-0.3, -0.25) is 14.5 Å². The van der Waals surface area contributed by atoms with Crippen molar-refractivity contribution in [3.63, 3.8) is 0 Å². The fourth-order valence-electron chi connectivity index (χ4n) is 2.98. The highest BCUT2D eigenvalue weighted by molar-refractivity contribution is 5.73. The van der Waals surface area contributed by atoms with Gasteiger partial charge < -0.3 is 18.9 Å². The Balaban J connectivity index is 2.41. The molecule has 0 saturated carbocycles. The summed E-state index contributed by atoms with van der Waals surface area (Å²) >= 11 is 0. The van der Waals surface area contributed by atoms with Gasteiger partial charge in [-0.2, -0.15) is 0 Å². The number of carbonyl (C=O) groups excluding carboxylic acids is 2. The third-order valence-electron chi connectivity index (χ3n) is 4.26. The van der Waals surface area contributed by atoms with Crippen molar-refractivity contribution in [2.75, 3.05) is 41.5 Å². The van der Waals surface area contributed by atoms with Crippen LogP contribution in [0.4, 0.5) is 0 Å². The maximum absolute atomic E-state index is 11.8. The van der Waals surface area contributed by atoms with Crippen molar-refractivity contribution in [2.24, 2.45) is 0 Å². The quantitative estimate of drug-likeness (QED) is 0.725. The Morgan fingerprint density at radius 1 is 1.04 bits per heavy atom. The zero-order valence-corrected chi connectivity index (χ0v) is 14.5. The number of nitrogens with zero attached hydrogens (tertiary/aromatic N) is 1. The molecule has 1 atom stereocenters. The van der Waals surface area contributed by atoms with Crippen LogP contribution in [0.15, 0.2) is 12.1 Å². The Hall–Kier alpha value is -2.28. The maximum Gasteiger partial charge on any atom is 0.319 e. The van der Waals surface area contributed by atoms with Crippen LogP contribution < -0.4 is 9.47 Å². The molecule has 0 aromatic heterocycles. The summed E-state index contributed by atoms with van der Waals surface area (Å²) in [5.74, 6) is 0.562. The van der Waals surface area contributed by atoms with E-state index >= 15 is 0 Å². The molecular weight excluding hydrogens is 314 g/mol. The van der Waals surface area contributed by atoms with E-state index in [1.807, 2.05) is 17.0 Å². The fraction of sp³-hybridized carbons (Fsp3) is 0.529. The van der Waals surface area contributed by atoms with Crippen molar-refractivity contribution >= 4 is 11.9 Å². The molecule has 1 aliphatic rings. The molecule has 7 nitrogen and oxygen atoms in total. The molecule has 0 saturated heterocycles. The summed E-state index contributed by atoms with van der Waals surface area (Å²) in [6, 6.07) is 3.51. The van der Waals surface area contributed by atoms with Crippen LogP contribution in [0.3, 0.4) is 0 Å². The van der Waals surface area contributed by atoms with Crippen molar-refractivity contribution < 1.29 is 28.5 Å². The molecule has 24 heavy (non-hydrogen) atoms. The summed E-state index contributed by atoms with van der Waals surface area (Å²) in [6.07, 6.45) is 0.889. The lowest BCUT2D eigenvalue weighted by molar-refractivity contribution is -0.146. The van der Waals surface area contributed by atoms with Crippen LogP contribution in [-0.4, -0.2) is 58.4 Å². The van der Waals surface area contributed by atoms with E-state index in [9.17, 15) is 9.59 Å². The molecule has 0 N–H and O–H groups in total. The number of esters is 2. The van der Waals surface area contributed by atoms with Gasteiger partial charge in [0.15, 0.2) is 11.5 Å². The molecule has 0 bridgehead atoms. The Kier molecular flexibility index (Phi) is 6.03. The number of carbonyl (C=O) groups is 2. The topological polar surface area (TPSA) is 74.3 Å². The van der Waals surface area contributed by atoms with Crippen LogP contribution in [0.1, 0.15) is 23.6 Å². The van der Waals surface area contributed by atoms with Gasteiger partial charge in [-0.15, -0.1) is 0 Å². The number of fused-ring (bicyclic) bond motifs is 1. The number of ether oxygens (including phenoxy) is 4. The second-order valence-corrected chi connectivity index (χ2v) is 5.50. The summed E-state index contributed by atoms with van der Waals surface area (Å²) in [6.45, 7) is 0.755. The Morgan fingerprint density at radius 3 is 2.25 bits per heavy atom. The summed E-state index contributed by atoms with van der Waals surface area (Å²) in [5.41, 5.74) is 2.01. The summed E-state index contributed by atoms with van der Waals surface area (Å²) in [7, 11) is 5.85. The lowest BCUT2D eigenvalue weighted by Crippen LogP contribution is -2.40. The van der Waals surface area contributed by atoms with Crippen molar-refractivity contribution in [3.05, 3.63) is 23.3 Å². The smallest absolute Gasteiger partial charge is 0.319 e. The first-order chi connectivity index (χ1) is 11.5. The molecule has 1 aliphatic heterocycles. The van der Waals surface area contributed by atoms with Crippen LogP contribution >= 0.6 is 0 Å². The van der Waals surface area contributed by atoms with E-state index in [-0.39, 0.29) is 30.9 Å². The second kappa shape index (κ2) is 8.01. The highest BCUT2D eigenvalue weighted by Crippen LogP contribution is 2.39. The minimum atomic E-state index is -0.339. The molecule has 1 unspecified atom stereocenters. The molecule has 132 valence electrons. The fourth-order valence-corrected chi connectivity index (χ4v) is 2.98. The zero-order chi connectivity index (χ0) is 17.7. The van der Waals surface area contributed by atoms with Gasteiger partial charge in [0, 0.05) is 12.6 Å². The molecule has 0 aliphatic carbocycles. The second-order valence-electron chi connectivity index (χ2n) is 5.50. The molecule has 7 heteroatoms. The number of hydrogen-bond donors (Lipinski definition) is 0. The number of benzene rings is 1. The van der Waals surface area contributed by atoms with Gasteiger partial charge in [0.2, 0.25) is 0 Å². The molecular formula is C17H23NO6. The van der Waals surface area contributed by atoms with E-state index in [2.05, 4.69) is 0 Å². The van der Waals surface area contributed by atoms with Crippen LogP contribution in [-0.2, 0) is 25.5 Å².